The van der Waals surface area contributed by atoms with Crippen molar-refractivity contribution in [3.8, 4) is 11.5 Å². The van der Waals surface area contributed by atoms with E-state index in [1.807, 2.05) is 4.90 Å². The first kappa shape index (κ1) is 11.5. The molecule has 1 N–H and O–H groups in total. The molecule has 0 amide bonds. The molecule has 0 aromatic heterocycles. The second kappa shape index (κ2) is 4.61. The summed E-state index contributed by atoms with van der Waals surface area (Å²) in [5.74, 6) is 0.134. The van der Waals surface area contributed by atoms with Crippen LogP contribution in [-0.2, 0) is 0 Å². The first-order valence-electron chi connectivity index (χ1n) is 5.97. The van der Waals surface area contributed by atoms with Crippen LogP contribution in [0.15, 0.2) is 12.1 Å². The third-order valence-corrected chi connectivity index (χ3v) is 3.07. The van der Waals surface area contributed by atoms with Crippen LogP contribution < -0.4 is 19.7 Å². The number of fused-ring (bicyclic) bond motifs is 1. The van der Waals surface area contributed by atoms with E-state index in [2.05, 4.69) is 5.32 Å². The van der Waals surface area contributed by atoms with Crippen molar-refractivity contribution in [1.82, 2.24) is 5.32 Å². The van der Waals surface area contributed by atoms with Crippen LogP contribution >= 0.6 is 0 Å². The molecule has 2 aliphatic rings. The van der Waals surface area contributed by atoms with E-state index in [4.69, 9.17) is 9.47 Å². The molecule has 1 saturated heterocycles. The number of anilines is 1. The number of alkyl halides is 1. The van der Waals surface area contributed by atoms with Gasteiger partial charge in [-0.3, -0.25) is 0 Å². The average molecular weight is 256 g/mol. The number of hydrogen-bond acceptors (Lipinski definition) is 4. The van der Waals surface area contributed by atoms with Crippen LogP contribution in [0.25, 0.3) is 0 Å². The van der Waals surface area contributed by atoms with Gasteiger partial charge in [0.05, 0.1) is 5.69 Å². The summed E-state index contributed by atoms with van der Waals surface area (Å²) in [6, 6.07) is 2.57. The second-order valence-corrected chi connectivity index (χ2v) is 4.33. The Bertz CT molecular complexity index is 450. The van der Waals surface area contributed by atoms with Gasteiger partial charge in [-0.25, -0.2) is 4.39 Å². The molecule has 0 bridgehead atoms. The number of nitrogens with zero attached hydrogens (tertiary/aromatic N) is 1. The van der Waals surface area contributed by atoms with E-state index in [0.717, 1.165) is 32.2 Å². The van der Waals surface area contributed by atoms with Gasteiger partial charge in [-0.1, -0.05) is 0 Å². The summed E-state index contributed by atoms with van der Waals surface area (Å²) in [6.45, 7) is 3.03. The Morgan fingerprint density at radius 3 is 2.83 bits per heavy atom. The van der Waals surface area contributed by atoms with Gasteiger partial charge in [-0.05, 0) is 0 Å². The molecule has 2 heterocycles. The lowest BCUT2D eigenvalue weighted by Gasteiger charge is -2.33. The third-order valence-electron chi connectivity index (χ3n) is 3.07. The van der Waals surface area contributed by atoms with E-state index in [-0.39, 0.29) is 12.4 Å². The molecule has 0 aliphatic carbocycles. The highest BCUT2D eigenvalue weighted by molar-refractivity contribution is 5.65. The molecule has 1 fully saturated rings. The Balaban J connectivity index is 1.97. The van der Waals surface area contributed by atoms with Gasteiger partial charge < -0.3 is 19.7 Å². The predicted molar refractivity (Wildman–Crippen MR) is 62.5 cm³/mol. The van der Waals surface area contributed by atoms with Crippen LogP contribution in [0.4, 0.5) is 14.5 Å². The summed E-state index contributed by atoms with van der Waals surface area (Å²) in [4.78, 5) is 2.01. The number of rotatable bonds is 1. The van der Waals surface area contributed by atoms with Gasteiger partial charge in [0.1, 0.15) is 5.82 Å². The number of hydrogen-bond donors (Lipinski definition) is 1. The Morgan fingerprint density at radius 2 is 2.06 bits per heavy atom. The van der Waals surface area contributed by atoms with Crippen molar-refractivity contribution in [1.29, 1.82) is 0 Å². The molecule has 1 atom stereocenters. The Morgan fingerprint density at radius 1 is 1.28 bits per heavy atom. The van der Waals surface area contributed by atoms with Crippen molar-refractivity contribution >= 4 is 5.69 Å². The molecule has 6 heteroatoms. The topological polar surface area (TPSA) is 33.7 Å². The fourth-order valence-electron chi connectivity index (χ4n) is 2.25. The molecule has 1 aromatic rings. The highest BCUT2D eigenvalue weighted by atomic mass is 19.1. The maximum atomic E-state index is 13.5. The Hall–Kier alpha value is -1.56. The van der Waals surface area contributed by atoms with Crippen molar-refractivity contribution < 1.29 is 18.3 Å². The predicted octanol–water partition coefficient (Wildman–Crippen LogP) is 1.30. The lowest BCUT2D eigenvalue weighted by molar-refractivity contribution is -0.00291. The number of halogens is 2. The van der Waals surface area contributed by atoms with Crippen molar-refractivity contribution in [3.05, 3.63) is 17.9 Å². The third kappa shape index (κ3) is 2.08. The summed E-state index contributed by atoms with van der Waals surface area (Å²) in [5, 5.41) is 3.22. The van der Waals surface area contributed by atoms with E-state index in [1.165, 1.54) is 6.07 Å². The number of piperazine rings is 1. The van der Waals surface area contributed by atoms with Gasteiger partial charge in [0, 0.05) is 38.3 Å². The Kier molecular flexibility index (Phi) is 2.95. The SMILES string of the molecule is Fc1cc2c(c(N3CCNCC3)c1)OCC(F)O2. The molecule has 3 rings (SSSR count). The smallest absolute Gasteiger partial charge is 0.272 e. The second-order valence-electron chi connectivity index (χ2n) is 4.33. The van der Waals surface area contributed by atoms with E-state index in [0.29, 0.717) is 11.4 Å². The maximum Gasteiger partial charge on any atom is 0.272 e. The monoisotopic (exact) mass is 256 g/mol. The number of ether oxygens (including phenoxy) is 2. The fraction of sp³-hybridized carbons (Fsp3) is 0.500. The molecular formula is C12H14F2N2O2. The molecule has 4 nitrogen and oxygen atoms in total. The van der Waals surface area contributed by atoms with E-state index >= 15 is 0 Å². The first-order chi connectivity index (χ1) is 8.74. The minimum atomic E-state index is -1.53. The lowest BCUT2D eigenvalue weighted by Crippen LogP contribution is -2.44. The van der Waals surface area contributed by atoms with Gasteiger partial charge >= 0.3 is 0 Å². The number of nitrogens with one attached hydrogen (secondary N) is 1. The minimum absolute atomic E-state index is 0.141. The van der Waals surface area contributed by atoms with Crippen LogP contribution in [-0.4, -0.2) is 39.1 Å². The zero-order valence-electron chi connectivity index (χ0n) is 9.79. The van der Waals surface area contributed by atoms with Crippen LogP contribution in [0.5, 0.6) is 11.5 Å². The summed E-state index contributed by atoms with van der Waals surface area (Å²) < 4.78 is 36.9. The average Bonchev–Trinajstić information content (AvgIpc) is 2.38. The fourth-order valence-corrected chi connectivity index (χ4v) is 2.25. The van der Waals surface area contributed by atoms with Gasteiger partial charge in [0.15, 0.2) is 18.1 Å². The van der Waals surface area contributed by atoms with Crippen molar-refractivity contribution in [2.45, 2.75) is 6.36 Å². The van der Waals surface area contributed by atoms with Gasteiger partial charge in [-0.2, -0.15) is 4.39 Å². The molecule has 0 spiro atoms. The summed E-state index contributed by atoms with van der Waals surface area (Å²) in [7, 11) is 0. The van der Waals surface area contributed by atoms with Crippen molar-refractivity contribution in [2.75, 3.05) is 37.7 Å². The van der Waals surface area contributed by atoms with Crippen LogP contribution in [0.3, 0.4) is 0 Å². The largest absolute Gasteiger partial charge is 0.481 e. The molecule has 0 saturated carbocycles. The molecule has 2 aliphatic heterocycles. The standard InChI is InChI=1S/C12H14F2N2O2/c13-8-5-9(16-3-1-15-2-4-16)12-10(6-8)18-11(14)7-17-12/h5-6,11,15H,1-4,7H2. The van der Waals surface area contributed by atoms with E-state index in [1.54, 1.807) is 0 Å². The maximum absolute atomic E-state index is 13.5. The lowest BCUT2D eigenvalue weighted by atomic mass is 10.2. The summed E-state index contributed by atoms with van der Waals surface area (Å²) >= 11 is 0. The molecule has 98 valence electrons. The van der Waals surface area contributed by atoms with Crippen molar-refractivity contribution in [3.63, 3.8) is 0 Å². The highest BCUT2D eigenvalue weighted by Crippen LogP contribution is 2.41. The molecule has 1 aromatic carbocycles. The van der Waals surface area contributed by atoms with E-state index < -0.39 is 12.2 Å². The molecular weight excluding hydrogens is 242 g/mol. The highest BCUT2D eigenvalue weighted by Gasteiger charge is 2.26. The first-order valence-corrected chi connectivity index (χ1v) is 5.97. The zero-order chi connectivity index (χ0) is 12.5. The molecule has 0 radical (unpaired) electrons. The molecule has 1 unspecified atom stereocenters. The Labute approximate surface area is 103 Å². The quantitative estimate of drug-likeness (QED) is 0.821. The van der Waals surface area contributed by atoms with E-state index in [9.17, 15) is 8.78 Å². The van der Waals surface area contributed by atoms with Gasteiger partial charge in [0.25, 0.3) is 6.36 Å². The normalized spacial score (nSPS) is 23.0. The van der Waals surface area contributed by atoms with Gasteiger partial charge in [0.2, 0.25) is 0 Å². The number of benzene rings is 1. The zero-order valence-corrected chi connectivity index (χ0v) is 9.79. The summed E-state index contributed by atoms with van der Waals surface area (Å²) in [6.07, 6.45) is -1.53. The minimum Gasteiger partial charge on any atom is -0.481 e. The van der Waals surface area contributed by atoms with Gasteiger partial charge in [-0.15, -0.1) is 0 Å². The van der Waals surface area contributed by atoms with Crippen LogP contribution in [0.1, 0.15) is 0 Å². The molecule has 18 heavy (non-hydrogen) atoms. The van der Waals surface area contributed by atoms with Crippen LogP contribution in [0, 0.1) is 5.82 Å². The summed E-state index contributed by atoms with van der Waals surface area (Å²) in [5.41, 5.74) is 0.637. The van der Waals surface area contributed by atoms with Crippen molar-refractivity contribution in [2.24, 2.45) is 0 Å². The van der Waals surface area contributed by atoms with Crippen LogP contribution in [0.2, 0.25) is 0 Å².